The second-order valence-electron chi connectivity index (χ2n) is 7.99. The Morgan fingerprint density at radius 2 is 2.03 bits per heavy atom. The van der Waals surface area contributed by atoms with E-state index in [2.05, 4.69) is 51.9 Å². The number of aromatic nitrogens is 4. The van der Waals surface area contributed by atoms with Gasteiger partial charge in [0.1, 0.15) is 17.5 Å². The molecule has 1 aromatic carbocycles. The zero-order chi connectivity index (χ0) is 20.8. The molecule has 3 aromatic rings. The molecule has 0 spiro atoms. The molecule has 1 fully saturated rings. The van der Waals surface area contributed by atoms with E-state index in [1.165, 1.54) is 12.8 Å². The molecule has 7 nitrogen and oxygen atoms in total. The summed E-state index contributed by atoms with van der Waals surface area (Å²) in [5.74, 6) is 2.17. The number of nitriles is 1. The van der Waals surface area contributed by atoms with E-state index in [0.717, 1.165) is 41.2 Å². The van der Waals surface area contributed by atoms with Crippen LogP contribution in [0, 0.1) is 11.3 Å². The van der Waals surface area contributed by atoms with Crippen LogP contribution in [0.25, 0.3) is 5.69 Å². The monoisotopic (exact) mass is 400 g/mol. The van der Waals surface area contributed by atoms with Crippen LogP contribution in [0.2, 0.25) is 0 Å². The van der Waals surface area contributed by atoms with Crippen molar-refractivity contribution in [1.82, 2.24) is 19.3 Å². The Morgan fingerprint density at radius 1 is 1.27 bits per heavy atom. The van der Waals surface area contributed by atoms with E-state index >= 15 is 0 Å². The average Bonchev–Trinajstić information content (AvgIpc) is 3.40. The minimum Gasteiger partial charge on any atom is -0.422 e. The van der Waals surface area contributed by atoms with Gasteiger partial charge in [-0.3, -0.25) is 0 Å². The van der Waals surface area contributed by atoms with E-state index in [0.29, 0.717) is 17.4 Å². The highest BCUT2D eigenvalue weighted by Crippen LogP contribution is 2.44. The van der Waals surface area contributed by atoms with Crippen molar-refractivity contribution < 1.29 is 4.74 Å². The highest BCUT2D eigenvalue weighted by molar-refractivity contribution is 5.56. The number of ether oxygens (including phenoxy) is 1. The van der Waals surface area contributed by atoms with Crippen molar-refractivity contribution in [2.45, 2.75) is 44.4 Å². The van der Waals surface area contributed by atoms with Gasteiger partial charge in [0.15, 0.2) is 0 Å². The van der Waals surface area contributed by atoms with Crippen molar-refractivity contribution >= 4 is 0 Å². The Labute approximate surface area is 175 Å². The van der Waals surface area contributed by atoms with E-state index in [-0.39, 0.29) is 11.8 Å². The molecule has 0 saturated heterocycles. The molecular weight excluding hydrogens is 376 g/mol. The molecule has 3 heterocycles. The number of aryl methyl sites for hydroxylation is 2. The van der Waals surface area contributed by atoms with E-state index in [4.69, 9.17) is 10.5 Å². The summed E-state index contributed by atoms with van der Waals surface area (Å²) in [5.41, 5.74) is 10.5. The number of nitrogens with two attached hydrogens (primary N) is 1. The fourth-order valence-corrected chi connectivity index (χ4v) is 4.31. The molecule has 152 valence electrons. The van der Waals surface area contributed by atoms with Gasteiger partial charge in [-0.05, 0) is 37.0 Å². The molecule has 1 unspecified atom stereocenters. The summed E-state index contributed by atoms with van der Waals surface area (Å²) in [5, 5.41) is 14.5. The maximum Gasteiger partial charge on any atom is 0.224 e. The lowest BCUT2D eigenvalue weighted by molar-refractivity contribution is 0.358. The number of nitrogens with zero attached hydrogens (tertiary/aromatic N) is 5. The molecule has 1 atom stereocenters. The zero-order valence-corrected chi connectivity index (χ0v) is 17.2. The van der Waals surface area contributed by atoms with Crippen molar-refractivity contribution in [3.8, 4) is 17.6 Å². The van der Waals surface area contributed by atoms with Crippen LogP contribution in [0.4, 0.5) is 0 Å². The second kappa shape index (κ2) is 7.06. The van der Waals surface area contributed by atoms with Gasteiger partial charge in [-0.25, -0.2) is 9.67 Å². The summed E-state index contributed by atoms with van der Waals surface area (Å²) in [6.45, 7) is 2.12. The lowest BCUT2D eigenvalue weighted by Gasteiger charge is -2.25. The molecule has 2 N–H and O–H groups in total. The van der Waals surface area contributed by atoms with Gasteiger partial charge in [0, 0.05) is 31.0 Å². The Balaban J connectivity index is 1.59. The van der Waals surface area contributed by atoms with Crippen LogP contribution >= 0.6 is 0 Å². The molecule has 0 bridgehead atoms. The summed E-state index contributed by atoms with van der Waals surface area (Å²) in [6, 6.07) is 10.6. The number of allylic oxidation sites excluding steroid dienone is 1. The molecular formula is C23H24N6O. The third kappa shape index (κ3) is 2.88. The molecule has 1 aliphatic carbocycles. The third-order valence-corrected chi connectivity index (χ3v) is 5.88. The largest absolute Gasteiger partial charge is 0.422 e. The predicted octanol–water partition coefficient (Wildman–Crippen LogP) is 3.65. The zero-order valence-electron chi connectivity index (χ0n) is 17.2. The summed E-state index contributed by atoms with van der Waals surface area (Å²) < 4.78 is 9.67. The normalized spacial score (nSPS) is 18.1. The Bertz CT molecular complexity index is 1170. The van der Waals surface area contributed by atoms with Gasteiger partial charge in [0.2, 0.25) is 11.8 Å². The van der Waals surface area contributed by atoms with Gasteiger partial charge in [-0.2, -0.15) is 10.4 Å². The van der Waals surface area contributed by atoms with Crippen molar-refractivity contribution in [2.24, 2.45) is 12.8 Å². The van der Waals surface area contributed by atoms with E-state index in [1.807, 2.05) is 19.4 Å². The standard InChI is InChI=1S/C23H24N6O/c1-3-4-18-20-19(17(13-24)21(25)30-23(20)28(2)27-18)14-7-9-16(10-8-14)29-12-11-26-22(29)15-5-6-15/h7-12,15,19H,3-6,25H2,1-2H3. The van der Waals surface area contributed by atoms with Crippen molar-refractivity contribution in [3.63, 3.8) is 0 Å². The minimum absolute atomic E-state index is 0.149. The fraction of sp³-hybridized carbons (Fsp3) is 0.348. The topological polar surface area (TPSA) is 94.7 Å². The number of hydrogen-bond acceptors (Lipinski definition) is 5. The quantitative estimate of drug-likeness (QED) is 0.705. The number of rotatable bonds is 5. The second-order valence-corrected chi connectivity index (χ2v) is 7.99. The predicted molar refractivity (Wildman–Crippen MR) is 112 cm³/mol. The summed E-state index contributed by atoms with van der Waals surface area (Å²) in [6.07, 6.45) is 8.05. The molecule has 1 saturated carbocycles. The van der Waals surface area contributed by atoms with Gasteiger partial charge in [0.25, 0.3) is 0 Å². The van der Waals surface area contributed by atoms with Gasteiger partial charge >= 0.3 is 0 Å². The Kier molecular flexibility index (Phi) is 4.35. The molecule has 0 radical (unpaired) electrons. The number of fused-ring (bicyclic) bond motifs is 1. The van der Waals surface area contributed by atoms with Gasteiger partial charge in [-0.1, -0.05) is 25.5 Å². The van der Waals surface area contributed by atoms with Crippen LogP contribution in [-0.2, 0) is 13.5 Å². The summed E-state index contributed by atoms with van der Waals surface area (Å²) >= 11 is 0. The Morgan fingerprint density at radius 3 is 2.70 bits per heavy atom. The third-order valence-electron chi connectivity index (χ3n) is 5.88. The molecule has 2 aliphatic rings. The van der Waals surface area contributed by atoms with E-state index in [9.17, 15) is 5.26 Å². The van der Waals surface area contributed by atoms with Crippen LogP contribution in [0.1, 0.15) is 60.7 Å². The fourth-order valence-electron chi connectivity index (χ4n) is 4.31. The van der Waals surface area contributed by atoms with E-state index < -0.39 is 0 Å². The smallest absolute Gasteiger partial charge is 0.224 e. The number of imidazole rings is 1. The van der Waals surface area contributed by atoms with Gasteiger partial charge in [-0.15, -0.1) is 0 Å². The maximum absolute atomic E-state index is 9.85. The van der Waals surface area contributed by atoms with E-state index in [1.54, 1.807) is 4.68 Å². The van der Waals surface area contributed by atoms with Crippen molar-refractivity contribution in [3.05, 3.63) is 70.8 Å². The first-order valence-corrected chi connectivity index (χ1v) is 10.4. The molecule has 1 aliphatic heterocycles. The van der Waals surface area contributed by atoms with Crippen molar-refractivity contribution in [1.29, 1.82) is 5.26 Å². The summed E-state index contributed by atoms with van der Waals surface area (Å²) in [4.78, 5) is 4.54. The summed E-state index contributed by atoms with van der Waals surface area (Å²) in [7, 11) is 1.85. The maximum atomic E-state index is 9.85. The average molecular weight is 400 g/mol. The molecule has 0 amide bonds. The van der Waals surface area contributed by atoms with Crippen LogP contribution in [0.15, 0.2) is 48.1 Å². The van der Waals surface area contributed by atoms with Gasteiger partial charge < -0.3 is 15.0 Å². The van der Waals surface area contributed by atoms with Crippen LogP contribution in [0.5, 0.6) is 5.88 Å². The molecule has 30 heavy (non-hydrogen) atoms. The molecule has 2 aromatic heterocycles. The molecule has 5 rings (SSSR count). The first kappa shape index (κ1) is 18.5. The highest BCUT2D eigenvalue weighted by atomic mass is 16.5. The van der Waals surface area contributed by atoms with Gasteiger partial charge in [0.05, 0.1) is 17.2 Å². The van der Waals surface area contributed by atoms with Crippen LogP contribution in [0.3, 0.4) is 0 Å². The first-order valence-electron chi connectivity index (χ1n) is 10.4. The number of benzene rings is 1. The number of hydrogen-bond donors (Lipinski definition) is 1. The first-order chi connectivity index (χ1) is 14.6. The SMILES string of the molecule is CCCc1nn(C)c2c1C(c1ccc(-n3ccnc3C3CC3)cc1)C(C#N)=C(N)O2. The van der Waals surface area contributed by atoms with Crippen molar-refractivity contribution in [2.75, 3.05) is 0 Å². The van der Waals surface area contributed by atoms with Crippen LogP contribution in [-0.4, -0.2) is 19.3 Å². The Hall–Kier alpha value is -3.53. The lowest BCUT2D eigenvalue weighted by atomic mass is 9.83. The molecule has 7 heteroatoms. The highest BCUT2D eigenvalue weighted by Gasteiger charge is 2.36. The minimum atomic E-state index is -0.284. The van der Waals surface area contributed by atoms with Crippen LogP contribution < -0.4 is 10.5 Å². The lowest BCUT2D eigenvalue weighted by Crippen LogP contribution is -2.22.